The normalized spacial score (nSPS) is 13.3. The lowest BCUT2D eigenvalue weighted by atomic mass is 10.1. The molecule has 3 heteroatoms. The zero-order chi connectivity index (χ0) is 14.8. The molecule has 2 N–H and O–H groups in total. The number of nitrogens with two attached hydrogens (primary N) is 1. The van der Waals surface area contributed by atoms with E-state index in [1.54, 1.807) is 0 Å². The molecule has 1 aliphatic heterocycles. The monoisotopic (exact) mass is 280 g/mol. The highest BCUT2D eigenvalue weighted by Crippen LogP contribution is 2.30. The highest BCUT2D eigenvalue weighted by molar-refractivity contribution is 5.95. The van der Waals surface area contributed by atoms with Crippen LogP contribution in [0.2, 0.25) is 0 Å². The number of fused-ring (bicyclic) bond motifs is 1. The molecule has 0 spiro atoms. The van der Waals surface area contributed by atoms with E-state index in [1.807, 2.05) is 23.1 Å². The molecule has 0 fully saturated rings. The fourth-order valence-electron chi connectivity index (χ4n) is 2.82. The van der Waals surface area contributed by atoms with Crippen LogP contribution < -0.4 is 10.6 Å². The molecule has 1 amide bonds. The third-order valence-corrected chi connectivity index (χ3v) is 4.05. The van der Waals surface area contributed by atoms with E-state index in [-0.39, 0.29) is 5.91 Å². The van der Waals surface area contributed by atoms with Crippen molar-refractivity contribution in [1.29, 1.82) is 0 Å². The topological polar surface area (TPSA) is 46.3 Å². The molecule has 0 saturated carbocycles. The lowest BCUT2D eigenvalue weighted by molar-refractivity contribution is -0.118. The van der Waals surface area contributed by atoms with Crippen LogP contribution >= 0.6 is 0 Å². The van der Waals surface area contributed by atoms with Crippen molar-refractivity contribution in [3.8, 4) is 0 Å². The van der Waals surface area contributed by atoms with Crippen LogP contribution in [0.25, 0.3) is 0 Å². The van der Waals surface area contributed by atoms with Gasteiger partial charge >= 0.3 is 0 Å². The second kappa shape index (κ2) is 5.60. The summed E-state index contributed by atoms with van der Waals surface area (Å²) in [7, 11) is 0. The number of carbonyl (C=O) groups is 1. The van der Waals surface area contributed by atoms with Crippen molar-refractivity contribution in [2.75, 3.05) is 17.2 Å². The summed E-state index contributed by atoms with van der Waals surface area (Å²) in [5.74, 6) is 0.194. The molecule has 0 aromatic heterocycles. The summed E-state index contributed by atoms with van der Waals surface area (Å²) in [6.45, 7) is 2.84. The molecule has 3 nitrogen and oxygen atoms in total. The third-order valence-electron chi connectivity index (χ3n) is 4.05. The maximum absolute atomic E-state index is 12.4. The Kier molecular flexibility index (Phi) is 3.65. The van der Waals surface area contributed by atoms with Crippen molar-refractivity contribution in [3.05, 3.63) is 59.2 Å². The van der Waals surface area contributed by atoms with E-state index >= 15 is 0 Å². The Morgan fingerprint density at radius 2 is 1.95 bits per heavy atom. The Morgan fingerprint density at radius 3 is 2.71 bits per heavy atom. The van der Waals surface area contributed by atoms with Crippen molar-refractivity contribution >= 4 is 17.3 Å². The van der Waals surface area contributed by atoms with Crippen LogP contribution in [-0.4, -0.2) is 12.5 Å². The maximum atomic E-state index is 12.4. The van der Waals surface area contributed by atoms with Crippen molar-refractivity contribution in [1.82, 2.24) is 0 Å². The largest absolute Gasteiger partial charge is 0.399 e. The van der Waals surface area contributed by atoms with Gasteiger partial charge in [0.05, 0.1) is 0 Å². The van der Waals surface area contributed by atoms with Gasteiger partial charge in [0.2, 0.25) is 5.91 Å². The molecule has 1 aliphatic rings. The molecule has 0 unspecified atom stereocenters. The van der Waals surface area contributed by atoms with E-state index in [1.165, 1.54) is 16.7 Å². The van der Waals surface area contributed by atoms with Crippen molar-refractivity contribution in [2.45, 2.75) is 26.2 Å². The van der Waals surface area contributed by atoms with Crippen molar-refractivity contribution < 1.29 is 4.79 Å². The standard InChI is InChI=1S/C18H20N2O/c1-13-2-4-14(5-3-13)6-9-18(21)20-11-10-15-12-16(19)7-8-17(15)20/h2-5,7-8,12H,6,9-11,19H2,1H3. The molecule has 0 aliphatic carbocycles. The van der Waals surface area contributed by atoms with Crippen molar-refractivity contribution in [2.24, 2.45) is 0 Å². The summed E-state index contributed by atoms with van der Waals surface area (Å²) in [5, 5.41) is 0. The first-order chi connectivity index (χ1) is 10.1. The number of carbonyl (C=O) groups excluding carboxylic acids is 1. The molecule has 1 heterocycles. The van der Waals surface area contributed by atoms with Gasteiger partial charge in [-0.2, -0.15) is 0 Å². The van der Waals surface area contributed by atoms with Gasteiger partial charge in [0, 0.05) is 24.3 Å². The smallest absolute Gasteiger partial charge is 0.227 e. The molecule has 0 radical (unpaired) electrons. The fourth-order valence-corrected chi connectivity index (χ4v) is 2.82. The summed E-state index contributed by atoms with van der Waals surface area (Å²) in [5.41, 5.74) is 11.2. The van der Waals surface area contributed by atoms with Crippen LogP contribution in [0, 0.1) is 6.92 Å². The number of hydrogen-bond donors (Lipinski definition) is 1. The second-order valence-corrected chi connectivity index (χ2v) is 5.67. The zero-order valence-electron chi connectivity index (χ0n) is 12.3. The lowest BCUT2D eigenvalue weighted by Gasteiger charge is -2.17. The summed E-state index contributed by atoms with van der Waals surface area (Å²) in [6, 6.07) is 14.2. The van der Waals surface area contributed by atoms with Gasteiger partial charge in [-0.15, -0.1) is 0 Å². The number of nitrogens with zero attached hydrogens (tertiary/aromatic N) is 1. The number of aryl methyl sites for hydroxylation is 2. The number of rotatable bonds is 3. The molecular weight excluding hydrogens is 260 g/mol. The first-order valence-electron chi connectivity index (χ1n) is 7.38. The molecule has 2 aromatic rings. The predicted octanol–water partition coefficient (Wildman–Crippen LogP) is 3.10. The Morgan fingerprint density at radius 1 is 1.19 bits per heavy atom. The summed E-state index contributed by atoms with van der Waals surface area (Å²) in [4.78, 5) is 14.3. The maximum Gasteiger partial charge on any atom is 0.227 e. The van der Waals surface area contributed by atoms with Gasteiger partial charge < -0.3 is 10.6 Å². The van der Waals surface area contributed by atoms with Crippen LogP contribution in [0.15, 0.2) is 42.5 Å². The third kappa shape index (κ3) is 2.92. The van der Waals surface area contributed by atoms with E-state index in [0.717, 1.165) is 30.8 Å². The highest BCUT2D eigenvalue weighted by Gasteiger charge is 2.24. The van der Waals surface area contributed by atoms with Gasteiger partial charge in [-0.3, -0.25) is 4.79 Å². The van der Waals surface area contributed by atoms with Gasteiger partial charge in [-0.05, 0) is 49.1 Å². The quantitative estimate of drug-likeness (QED) is 0.878. The van der Waals surface area contributed by atoms with E-state index in [9.17, 15) is 4.79 Å². The zero-order valence-corrected chi connectivity index (χ0v) is 12.3. The predicted molar refractivity (Wildman–Crippen MR) is 86.4 cm³/mol. The fraction of sp³-hybridized carbons (Fsp3) is 0.278. The Labute approximate surface area is 125 Å². The van der Waals surface area contributed by atoms with Crippen LogP contribution in [0.4, 0.5) is 11.4 Å². The number of hydrogen-bond acceptors (Lipinski definition) is 2. The molecule has 2 aromatic carbocycles. The van der Waals surface area contributed by atoms with Crippen LogP contribution in [-0.2, 0) is 17.6 Å². The van der Waals surface area contributed by atoms with Gasteiger partial charge in [0.1, 0.15) is 0 Å². The highest BCUT2D eigenvalue weighted by atomic mass is 16.2. The summed E-state index contributed by atoms with van der Waals surface area (Å²) >= 11 is 0. The van der Waals surface area contributed by atoms with Gasteiger partial charge in [-0.25, -0.2) is 0 Å². The molecule has 108 valence electrons. The van der Waals surface area contributed by atoms with Crippen LogP contribution in [0.1, 0.15) is 23.1 Å². The van der Waals surface area contributed by atoms with E-state index in [0.29, 0.717) is 6.42 Å². The Balaban J connectivity index is 1.66. The SMILES string of the molecule is Cc1ccc(CCC(=O)N2CCc3cc(N)ccc32)cc1. The number of amides is 1. The van der Waals surface area contributed by atoms with Gasteiger partial charge in [0.25, 0.3) is 0 Å². The minimum atomic E-state index is 0.194. The van der Waals surface area contributed by atoms with E-state index in [4.69, 9.17) is 5.73 Å². The van der Waals surface area contributed by atoms with E-state index < -0.39 is 0 Å². The van der Waals surface area contributed by atoms with Crippen LogP contribution in [0.5, 0.6) is 0 Å². The number of benzene rings is 2. The summed E-state index contributed by atoms with van der Waals surface area (Å²) < 4.78 is 0. The molecule has 0 atom stereocenters. The second-order valence-electron chi connectivity index (χ2n) is 5.67. The Bertz CT molecular complexity index is 661. The molecule has 0 bridgehead atoms. The first-order valence-corrected chi connectivity index (χ1v) is 7.38. The van der Waals surface area contributed by atoms with Gasteiger partial charge in [0.15, 0.2) is 0 Å². The van der Waals surface area contributed by atoms with Crippen LogP contribution in [0.3, 0.4) is 0 Å². The van der Waals surface area contributed by atoms with Gasteiger partial charge in [-0.1, -0.05) is 29.8 Å². The molecule has 21 heavy (non-hydrogen) atoms. The first kappa shape index (κ1) is 13.7. The van der Waals surface area contributed by atoms with Crippen molar-refractivity contribution in [3.63, 3.8) is 0 Å². The lowest BCUT2D eigenvalue weighted by Crippen LogP contribution is -2.29. The average Bonchev–Trinajstić information content (AvgIpc) is 2.89. The minimum Gasteiger partial charge on any atom is -0.399 e. The molecular formula is C18H20N2O. The minimum absolute atomic E-state index is 0.194. The Hall–Kier alpha value is -2.29. The summed E-state index contributed by atoms with van der Waals surface area (Å²) in [6.07, 6.45) is 2.24. The number of nitrogen functional groups attached to an aromatic ring is 1. The average molecular weight is 280 g/mol. The number of anilines is 2. The molecule has 0 saturated heterocycles. The van der Waals surface area contributed by atoms with E-state index in [2.05, 4.69) is 31.2 Å². The molecule has 3 rings (SSSR count).